The van der Waals surface area contributed by atoms with Gasteiger partial charge in [0.1, 0.15) is 5.82 Å². The van der Waals surface area contributed by atoms with Crippen molar-refractivity contribution in [2.24, 2.45) is 0 Å². The Morgan fingerprint density at radius 1 is 1.28 bits per heavy atom. The number of nitrogens with one attached hydrogen (secondary N) is 2. The molecule has 0 bridgehead atoms. The van der Waals surface area contributed by atoms with Crippen molar-refractivity contribution in [3.8, 4) is 0 Å². The molecule has 0 saturated carbocycles. The highest BCUT2D eigenvalue weighted by atomic mass is 16.3. The van der Waals surface area contributed by atoms with Crippen molar-refractivity contribution in [3.05, 3.63) is 41.6 Å². The minimum absolute atomic E-state index is 0.0551. The average molecular weight is 242 g/mol. The minimum atomic E-state index is 0.0551. The summed E-state index contributed by atoms with van der Waals surface area (Å²) >= 11 is 0. The summed E-state index contributed by atoms with van der Waals surface area (Å²) in [5, 5.41) is 15.3. The van der Waals surface area contributed by atoms with E-state index in [2.05, 4.69) is 20.6 Å². The van der Waals surface area contributed by atoms with Crippen molar-refractivity contribution in [2.75, 3.05) is 17.2 Å². The second kappa shape index (κ2) is 4.62. The molecule has 2 aromatic rings. The maximum Gasteiger partial charge on any atom is 0.229 e. The van der Waals surface area contributed by atoms with Crippen molar-refractivity contribution in [3.63, 3.8) is 0 Å². The summed E-state index contributed by atoms with van der Waals surface area (Å²) in [5.74, 6) is 1.50. The number of anilines is 3. The topological polar surface area (TPSA) is 70.1 Å². The molecule has 0 aliphatic carbocycles. The van der Waals surface area contributed by atoms with Gasteiger partial charge in [-0.05, 0) is 24.1 Å². The van der Waals surface area contributed by atoms with E-state index in [0.29, 0.717) is 5.95 Å². The molecule has 92 valence electrons. The highest BCUT2D eigenvalue weighted by molar-refractivity contribution is 5.57. The Morgan fingerprint density at radius 3 is 2.89 bits per heavy atom. The molecule has 0 unspecified atom stereocenters. The number of aromatic nitrogens is 2. The molecule has 0 saturated heterocycles. The van der Waals surface area contributed by atoms with Gasteiger partial charge in [-0.15, -0.1) is 0 Å². The van der Waals surface area contributed by atoms with E-state index in [1.807, 2.05) is 30.5 Å². The summed E-state index contributed by atoms with van der Waals surface area (Å²) < 4.78 is 0. The van der Waals surface area contributed by atoms with Crippen LogP contribution in [-0.2, 0) is 13.0 Å². The fourth-order valence-corrected chi connectivity index (χ4v) is 1.94. The molecule has 5 heteroatoms. The first-order valence-corrected chi connectivity index (χ1v) is 5.92. The molecule has 2 heterocycles. The van der Waals surface area contributed by atoms with Crippen LogP contribution in [0.4, 0.5) is 17.5 Å². The molecular formula is C13H14N4O. The summed E-state index contributed by atoms with van der Waals surface area (Å²) in [5.41, 5.74) is 2.96. The highest BCUT2D eigenvalue weighted by Gasteiger charge is 2.12. The number of hydrogen-bond acceptors (Lipinski definition) is 5. The Labute approximate surface area is 105 Å². The predicted octanol–water partition coefficient (Wildman–Crippen LogP) is 1.68. The molecule has 0 radical (unpaired) electrons. The summed E-state index contributed by atoms with van der Waals surface area (Å²) in [6.45, 7) is 0.984. The Hall–Kier alpha value is -2.14. The maximum absolute atomic E-state index is 8.97. The van der Waals surface area contributed by atoms with Crippen LogP contribution >= 0.6 is 0 Å². The van der Waals surface area contributed by atoms with E-state index in [1.54, 1.807) is 0 Å². The Morgan fingerprint density at radius 2 is 2.11 bits per heavy atom. The smallest absolute Gasteiger partial charge is 0.229 e. The van der Waals surface area contributed by atoms with Gasteiger partial charge >= 0.3 is 0 Å². The molecule has 1 aliphatic heterocycles. The maximum atomic E-state index is 8.97. The number of aliphatic hydroxyl groups excluding tert-OH is 1. The van der Waals surface area contributed by atoms with E-state index in [4.69, 9.17) is 5.11 Å². The first kappa shape index (κ1) is 11.0. The second-order valence-electron chi connectivity index (χ2n) is 4.22. The van der Waals surface area contributed by atoms with Crippen LogP contribution in [0.3, 0.4) is 0 Å². The van der Waals surface area contributed by atoms with E-state index < -0.39 is 0 Å². The predicted molar refractivity (Wildman–Crippen MR) is 69.9 cm³/mol. The zero-order valence-corrected chi connectivity index (χ0v) is 9.85. The summed E-state index contributed by atoms with van der Waals surface area (Å²) in [6, 6.07) is 7.53. The van der Waals surface area contributed by atoms with Crippen molar-refractivity contribution in [1.82, 2.24) is 9.97 Å². The van der Waals surface area contributed by atoms with Crippen molar-refractivity contribution < 1.29 is 5.11 Å². The molecule has 1 aliphatic rings. The van der Waals surface area contributed by atoms with Crippen LogP contribution in [0.2, 0.25) is 0 Å². The van der Waals surface area contributed by atoms with Crippen molar-refractivity contribution >= 4 is 17.5 Å². The summed E-state index contributed by atoms with van der Waals surface area (Å²) in [6.07, 6.45) is 2.84. The van der Waals surface area contributed by atoms with Crippen LogP contribution in [0.5, 0.6) is 0 Å². The molecule has 0 amide bonds. The van der Waals surface area contributed by atoms with Crippen LogP contribution in [0, 0.1) is 0 Å². The Balaban J connectivity index is 1.79. The van der Waals surface area contributed by atoms with E-state index in [0.717, 1.165) is 35.6 Å². The summed E-state index contributed by atoms with van der Waals surface area (Å²) in [7, 11) is 0. The average Bonchev–Trinajstić information content (AvgIpc) is 2.87. The van der Waals surface area contributed by atoms with Crippen LogP contribution in [-0.4, -0.2) is 21.6 Å². The monoisotopic (exact) mass is 242 g/mol. The lowest BCUT2D eigenvalue weighted by Gasteiger charge is -2.06. The van der Waals surface area contributed by atoms with Gasteiger partial charge in [-0.3, -0.25) is 0 Å². The number of rotatable bonds is 3. The Kier molecular flexibility index (Phi) is 2.82. The largest absolute Gasteiger partial charge is 0.392 e. The van der Waals surface area contributed by atoms with Crippen LogP contribution in [0.15, 0.2) is 30.5 Å². The molecule has 1 aromatic carbocycles. The molecule has 18 heavy (non-hydrogen) atoms. The molecule has 3 N–H and O–H groups in total. The fraction of sp³-hybridized carbons (Fsp3) is 0.231. The number of aliphatic hydroxyl groups is 1. The summed E-state index contributed by atoms with van der Waals surface area (Å²) in [4.78, 5) is 8.69. The van der Waals surface area contributed by atoms with Gasteiger partial charge in [-0.2, -0.15) is 4.98 Å². The molecule has 0 atom stereocenters. The lowest BCUT2D eigenvalue weighted by Crippen LogP contribution is -2.00. The minimum Gasteiger partial charge on any atom is -0.392 e. The van der Waals surface area contributed by atoms with Gasteiger partial charge < -0.3 is 15.7 Å². The van der Waals surface area contributed by atoms with Crippen LogP contribution < -0.4 is 10.6 Å². The fourth-order valence-electron chi connectivity index (χ4n) is 1.94. The van der Waals surface area contributed by atoms with Crippen molar-refractivity contribution in [2.45, 2.75) is 13.0 Å². The second-order valence-corrected chi connectivity index (χ2v) is 4.22. The molecule has 3 rings (SSSR count). The van der Waals surface area contributed by atoms with Crippen LogP contribution in [0.25, 0.3) is 0 Å². The normalized spacial score (nSPS) is 12.9. The van der Waals surface area contributed by atoms with Gasteiger partial charge in [0.25, 0.3) is 0 Å². The standard InChI is InChI=1S/C13H14N4O/c18-8-9-1-3-11(4-2-9)16-13-15-7-10-5-6-14-12(10)17-13/h1-4,7,18H,5-6,8H2,(H2,14,15,16,17). The SMILES string of the molecule is OCc1ccc(Nc2ncc3c(n2)NCC3)cc1. The van der Waals surface area contributed by atoms with Gasteiger partial charge in [-0.1, -0.05) is 12.1 Å². The quantitative estimate of drug-likeness (QED) is 0.764. The van der Waals surface area contributed by atoms with E-state index in [9.17, 15) is 0 Å². The molecule has 0 spiro atoms. The lowest BCUT2D eigenvalue weighted by molar-refractivity contribution is 0.282. The van der Waals surface area contributed by atoms with Crippen molar-refractivity contribution in [1.29, 1.82) is 0 Å². The third-order valence-electron chi connectivity index (χ3n) is 2.94. The van der Waals surface area contributed by atoms with E-state index in [1.165, 1.54) is 0 Å². The third-order valence-corrected chi connectivity index (χ3v) is 2.94. The van der Waals surface area contributed by atoms with Gasteiger partial charge in [0.05, 0.1) is 6.61 Å². The zero-order chi connectivity index (χ0) is 12.4. The van der Waals surface area contributed by atoms with Gasteiger partial charge in [-0.25, -0.2) is 4.98 Å². The van der Waals surface area contributed by atoms with Gasteiger partial charge in [0.2, 0.25) is 5.95 Å². The lowest BCUT2D eigenvalue weighted by atomic mass is 10.2. The first-order valence-electron chi connectivity index (χ1n) is 5.92. The van der Waals surface area contributed by atoms with E-state index in [-0.39, 0.29) is 6.61 Å². The number of nitrogens with zero attached hydrogens (tertiary/aromatic N) is 2. The number of fused-ring (bicyclic) bond motifs is 1. The number of benzene rings is 1. The third kappa shape index (κ3) is 2.12. The molecule has 1 aromatic heterocycles. The van der Waals surface area contributed by atoms with Crippen LogP contribution in [0.1, 0.15) is 11.1 Å². The van der Waals surface area contributed by atoms with E-state index >= 15 is 0 Å². The van der Waals surface area contributed by atoms with Gasteiger partial charge in [0.15, 0.2) is 0 Å². The molecule has 5 nitrogen and oxygen atoms in total. The highest BCUT2D eigenvalue weighted by Crippen LogP contribution is 2.21. The Bertz CT molecular complexity index is 553. The van der Waals surface area contributed by atoms with Gasteiger partial charge in [0, 0.05) is 24.0 Å². The zero-order valence-electron chi connectivity index (χ0n) is 9.85. The first-order chi connectivity index (χ1) is 8.85. The number of hydrogen-bond donors (Lipinski definition) is 3. The molecule has 0 fully saturated rings. The molecular weight excluding hydrogens is 228 g/mol.